The van der Waals surface area contributed by atoms with Crippen LogP contribution in [0, 0.1) is 0 Å². The number of carbonyl (C=O) groups is 2. The van der Waals surface area contributed by atoms with Gasteiger partial charge in [0.25, 0.3) is 0 Å². The van der Waals surface area contributed by atoms with Crippen LogP contribution in [-0.2, 0) is 27.4 Å². The largest absolute Gasteiger partial charge is 0.378 e. The maximum absolute atomic E-state index is 14.0. The number of amides is 2. The van der Waals surface area contributed by atoms with E-state index in [9.17, 15) is 9.59 Å². The number of nitrogens with one attached hydrogen (secondary N) is 1. The van der Waals surface area contributed by atoms with Crippen molar-refractivity contribution in [1.29, 1.82) is 0 Å². The Morgan fingerprint density at radius 3 is 2.66 bits per heavy atom. The Bertz CT molecular complexity index is 1360. The number of thiophene rings is 1. The van der Waals surface area contributed by atoms with E-state index in [1.807, 2.05) is 85.0 Å². The number of hydrogen-bond donors (Lipinski definition) is 1. The van der Waals surface area contributed by atoms with E-state index in [-0.39, 0.29) is 24.5 Å². The Balaban J connectivity index is 1.48. The Morgan fingerprint density at radius 1 is 1.13 bits per heavy atom. The summed E-state index contributed by atoms with van der Waals surface area (Å²) in [7, 11) is 3.94. The van der Waals surface area contributed by atoms with Gasteiger partial charge in [0.15, 0.2) is 0 Å². The van der Waals surface area contributed by atoms with E-state index in [1.165, 1.54) is 0 Å². The molecule has 1 aliphatic heterocycles. The van der Waals surface area contributed by atoms with E-state index in [1.54, 1.807) is 20.9 Å². The summed E-state index contributed by atoms with van der Waals surface area (Å²) < 4.78 is 7.31. The van der Waals surface area contributed by atoms with Crippen molar-refractivity contribution < 1.29 is 14.3 Å². The minimum Gasteiger partial charge on any atom is -0.378 e. The van der Waals surface area contributed by atoms with Gasteiger partial charge in [0.2, 0.25) is 11.8 Å². The molecule has 2 atom stereocenters. The molecule has 0 spiro atoms. The molecule has 10 heteroatoms. The summed E-state index contributed by atoms with van der Waals surface area (Å²) >= 11 is 1.56. The van der Waals surface area contributed by atoms with Crippen molar-refractivity contribution in [2.75, 3.05) is 32.1 Å². The van der Waals surface area contributed by atoms with Crippen LogP contribution < -0.4 is 10.2 Å². The molecule has 1 saturated heterocycles. The van der Waals surface area contributed by atoms with Crippen LogP contribution >= 0.6 is 11.3 Å². The number of carbonyl (C=O) groups excluding carboxylic acids is 2. The third-order valence-electron chi connectivity index (χ3n) is 6.75. The average molecular weight is 533 g/mol. The highest BCUT2D eigenvalue weighted by Crippen LogP contribution is 2.28. The number of ether oxygens (including phenoxy) is 1. The van der Waals surface area contributed by atoms with Crippen molar-refractivity contribution in [1.82, 2.24) is 25.2 Å². The lowest BCUT2D eigenvalue weighted by Crippen LogP contribution is -2.46. The number of rotatable bonds is 10. The molecule has 0 radical (unpaired) electrons. The molecule has 2 amide bonds. The monoisotopic (exact) mass is 532 g/mol. The van der Waals surface area contributed by atoms with Crippen LogP contribution in [0.15, 0.2) is 66.0 Å². The van der Waals surface area contributed by atoms with Gasteiger partial charge in [0.1, 0.15) is 18.1 Å². The number of hydrogen-bond acceptors (Lipinski definition) is 7. The molecule has 1 aliphatic rings. The second kappa shape index (κ2) is 11.7. The van der Waals surface area contributed by atoms with Crippen LogP contribution in [0.3, 0.4) is 0 Å². The summed E-state index contributed by atoms with van der Waals surface area (Å²) in [6, 6.07) is 18.4. The first-order valence-electron chi connectivity index (χ1n) is 12.8. The highest BCUT2D eigenvalue weighted by molar-refractivity contribution is 7.09. The lowest BCUT2D eigenvalue weighted by atomic mass is 10.0. The minimum absolute atomic E-state index is 0.00122. The maximum atomic E-state index is 14.0. The molecule has 0 unspecified atom stereocenters. The first-order chi connectivity index (χ1) is 18.5. The first kappa shape index (κ1) is 25.9. The van der Waals surface area contributed by atoms with E-state index in [0.29, 0.717) is 19.7 Å². The van der Waals surface area contributed by atoms with Crippen molar-refractivity contribution in [2.45, 2.75) is 38.1 Å². The maximum Gasteiger partial charge on any atom is 0.247 e. The molecule has 38 heavy (non-hydrogen) atoms. The smallest absolute Gasteiger partial charge is 0.247 e. The van der Waals surface area contributed by atoms with Crippen molar-refractivity contribution >= 4 is 39.9 Å². The average Bonchev–Trinajstić information content (AvgIpc) is 3.71. The van der Waals surface area contributed by atoms with Crippen LogP contribution in [0.4, 0.5) is 5.69 Å². The van der Waals surface area contributed by atoms with Crippen molar-refractivity contribution in [3.63, 3.8) is 0 Å². The van der Waals surface area contributed by atoms with Gasteiger partial charge in [0.05, 0.1) is 18.2 Å². The van der Waals surface area contributed by atoms with Gasteiger partial charge in [-0.25, -0.2) is 4.68 Å². The molecular weight excluding hydrogens is 500 g/mol. The molecule has 1 fully saturated rings. The molecule has 5 rings (SSSR count). The van der Waals surface area contributed by atoms with E-state index in [2.05, 4.69) is 15.6 Å². The molecule has 0 bridgehead atoms. The van der Waals surface area contributed by atoms with Crippen molar-refractivity contribution in [3.05, 3.63) is 76.5 Å². The zero-order valence-electron chi connectivity index (χ0n) is 21.6. The fraction of sp³-hybridized carbons (Fsp3) is 0.357. The number of anilines is 1. The Hall–Kier alpha value is -3.76. The summed E-state index contributed by atoms with van der Waals surface area (Å²) in [4.78, 5) is 32.4. The van der Waals surface area contributed by atoms with Gasteiger partial charge in [-0.2, -0.15) is 0 Å². The van der Waals surface area contributed by atoms with Gasteiger partial charge in [0, 0.05) is 37.8 Å². The second-order valence-corrected chi connectivity index (χ2v) is 10.6. The number of benzene rings is 2. The molecule has 2 aromatic heterocycles. The second-order valence-electron chi connectivity index (χ2n) is 9.61. The molecule has 1 N–H and O–H groups in total. The standard InChI is InChI=1S/C28H32N6O3S/c1-32(2)21-13-11-20(12-14-21)27(28(36)29-17-22-7-5-15-37-22)33(18-23-8-6-16-38-23)26(35)19-34-25-10-4-3-9-24(25)30-31-34/h3-4,6,8-14,16,22,27H,5,7,15,17-19H2,1-2H3,(H,29,36)/t22-,27+/m0/s1. The molecule has 0 saturated carbocycles. The van der Waals surface area contributed by atoms with Gasteiger partial charge < -0.3 is 19.9 Å². The Kier molecular flexibility index (Phi) is 8.00. The van der Waals surface area contributed by atoms with Gasteiger partial charge in [-0.3, -0.25) is 9.59 Å². The molecule has 2 aromatic carbocycles. The summed E-state index contributed by atoms with van der Waals surface area (Å²) in [5.41, 5.74) is 3.24. The SMILES string of the molecule is CN(C)c1ccc([C@H](C(=O)NC[C@@H]2CCCO2)N(Cc2cccs2)C(=O)Cn2nnc3ccccc32)cc1. The van der Waals surface area contributed by atoms with Crippen molar-refractivity contribution in [3.8, 4) is 0 Å². The predicted molar refractivity (Wildman–Crippen MR) is 148 cm³/mol. The Morgan fingerprint density at radius 2 is 1.95 bits per heavy atom. The van der Waals surface area contributed by atoms with Crippen LogP contribution in [0.1, 0.15) is 29.3 Å². The molecular formula is C28H32N6O3S. The lowest BCUT2D eigenvalue weighted by molar-refractivity contribution is -0.142. The van der Waals surface area contributed by atoms with E-state index in [4.69, 9.17) is 4.74 Å². The number of aromatic nitrogens is 3. The molecule has 0 aliphatic carbocycles. The highest BCUT2D eigenvalue weighted by Gasteiger charge is 2.33. The quantitative estimate of drug-likeness (QED) is 0.335. The predicted octanol–water partition coefficient (Wildman–Crippen LogP) is 3.62. The van der Waals surface area contributed by atoms with Gasteiger partial charge >= 0.3 is 0 Å². The first-order valence-corrected chi connectivity index (χ1v) is 13.6. The fourth-order valence-corrected chi connectivity index (χ4v) is 5.39. The van der Waals surface area contributed by atoms with Crippen LogP contribution in [-0.4, -0.2) is 65.1 Å². The molecule has 9 nitrogen and oxygen atoms in total. The third-order valence-corrected chi connectivity index (χ3v) is 7.61. The van der Waals surface area contributed by atoms with Gasteiger partial charge in [-0.05, 0) is 54.1 Å². The zero-order valence-corrected chi connectivity index (χ0v) is 22.4. The number of para-hydroxylation sites is 1. The van der Waals surface area contributed by atoms with Crippen molar-refractivity contribution in [2.24, 2.45) is 0 Å². The minimum atomic E-state index is -0.822. The van der Waals surface area contributed by atoms with Gasteiger partial charge in [-0.1, -0.05) is 35.5 Å². The van der Waals surface area contributed by atoms with Crippen LogP contribution in [0.25, 0.3) is 11.0 Å². The topological polar surface area (TPSA) is 92.6 Å². The highest BCUT2D eigenvalue weighted by atomic mass is 32.1. The van der Waals surface area contributed by atoms with E-state index < -0.39 is 6.04 Å². The normalized spacial score (nSPS) is 15.9. The van der Waals surface area contributed by atoms with E-state index >= 15 is 0 Å². The van der Waals surface area contributed by atoms with Crippen LogP contribution in [0.5, 0.6) is 0 Å². The summed E-state index contributed by atoms with van der Waals surface area (Å²) in [5.74, 6) is -0.450. The third kappa shape index (κ3) is 5.87. The summed E-state index contributed by atoms with van der Waals surface area (Å²) in [5, 5.41) is 13.4. The molecule has 3 heterocycles. The molecule has 198 valence electrons. The Labute approximate surface area is 226 Å². The number of nitrogens with zero attached hydrogens (tertiary/aromatic N) is 5. The lowest BCUT2D eigenvalue weighted by Gasteiger charge is -2.31. The zero-order chi connectivity index (χ0) is 26.5. The number of fused-ring (bicyclic) bond motifs is 1. The molecule has 4 aromatic rings. The summed E-state index contributed by atoms with van der Waals surface area (Å²) in [6.07, 6.45) is 1.91. The summed E-state index contributed by atoms with van der Waals surface area (Å²) in [6.45, 7) is 1.40. The van der Waals surface area contributed by atoms with E-state index in [0.717, 1.165) is 40.0 Å². The van der Waals surface area contributed by atoms with Gasteiger partial charge in [-0.15, -0.1) is 16.4 Å². The van der Waals surface area contributed by atoms with Crippen LogP contribution in [0.2, 0.25) is 0 Å². The fourth-order valence-electron chi connectivity index (χ4n) is 4.69.